The number of amides is 1. The minimum atomic E-state index is 0.0531. The molecule has 3 N–H and O–H groups in total. The molecule has 2 rings (SSSR count). The van der Waals surface area contributed by atoms with Gasteiger partial charge in [-0.1, -0.05) is 30.2 Å². The maximum absolute atomic E-state index is 12.2. The van der Waals surface area contributed by atoms with Crippen molar-refractivity contribution < 1.29 is 4.79 Å². The van der Waals surface area contributed by atoms with Crippen LogP contribution in [0.5, 0.6) is 0 Å². The number of carbonyl (C=O) groups excluding carboxylic acids is 1. The standard InChI is InChI=1S/C17H26N2O/c1-12-5-6-13(2)15(9-12)14(3)19-16(20)10-17(11-18)7-4-8-17/h5-6,9,14H,4,7-8,10-11,18H2,1-3H3,(H,19,20). The number of benzene rings is 1. The molecule has 1 aliphatic rings. The van der Waals surface area contributed by atoms with Crippen LogP contribution in [-0.2, 0) is 4.79 Å². The third-order valence-corrected chi connectivity index (χ3v) is 4.66. The van der Waals surface area contributed by atoms with E-state index in [0.717, 1.165) is 12.8 Å². The van der Waals surface area contributed by atoms with E-state index in [4.69, 9.17) is 5.73 Å². The van der Waals surface area contributed by atoms with Crippen molar-refractivity contribution in [2.45, 2.75) is 52.5 Å². The quantitative estimate of drug-likeness (QED) is 0.867. The summed E-state index contributed by atoms with van der Waals surface area (Å²) in [5, 5.41) is 3.13. The fourth-order valence-electron chi connectivity index (χ4n) is 3.07. The van der Waals surface area contributed by atoms with Gasteiger partial charge < -0.3 is 11.1 Å². The second-order valence-corrected chi connectivity index (χ2v) is 6.38. The zero-order valence-corrected chi connectivity index (χ0v) is 12.8. The largest absolute Gasteiger partial charge is 0.350 e. The Bertz CT molecular complexity index is 486. The predicted molar refractivity (Wildman–Crippen MR) is 82.4 cm³/mol. The van der Waals surface area contributed by atoms with Crippen LogP contribution in [-0.4, -0.2) is 12.5 Å². The van der Waals surface area contributed by atoms with E-state index < -0.39 is 0 Å². The van der Waals surface area contributed by atoms with Gasteiger partial charge >= 0.3 is 0 Å². The molecule has 0 spiro atoms. The van der Waals surface area contributed by atoms with Crippen LogP contribution in [0.3, 0.4) is 0 Å². The molecule has 20 heavy (non-hydrogen) atoms. The molecular weight excluding hydrogens is 248 g/mol. The number of rotatable bonds is 5. The van der Waals surface area contributed by atoms with Gasteiger partial charge in [-0.05, 0) is 56.7 Å². The fraction of sp³-hybridized carbons (Fsp3) is 0.588. The summed E-state index contributed by atoms with van der Waals surface area (Å²) in [5.74, 6) is 0.128. The maximum atomic E-state index is 12.2. The summed E-state index contributed by atoms with van der Waals surface area (Å²) in [4.78, 5) is 12.2. The summed E-state index contributed by atoms with van der Waals surface area (Å²) >= 11 is 0. The third kappa shape index (κ3) is 3.21. The number of aryl methyl sites for hydroxylation is 2. The van der Waals surface area contributed by atoms with E-state index in [-0.39, 0.29) is 17.4 Å². The van der Waals surface area contributed by atoms with E-state index in [9.17, 15) is 4.79 Å². The van der Waals surface area contributed by atoms with Crippen LogP contribution in [0.4, 0.5) is 0 Å². The Morgan fingerprint density at radius 3 is 2.65 bits per heavy atom. The third-order valence-electron chi connectivity index (χ3n) is 4.66. The van der Waals surface area contributed by atoms with Gasteiger partial charge in [0.1, 0.15) is 0 Å². The highest BCUT2D eigenvalue weighted by molar-refractivity contribution is 5.77. The van der Waals surface area contributed by atoms with Gasteiger partial charge in [0.15, 0.2) is 0 Å². The first kappa shape index (κ1) is 15.0. The van der Waals surface area contributed by atoms with Gasteiger partial charge in [0.2, 0.25) is 5.91 Å². The number of carbonyl (C=O) groups is 1. The van der Waals surface area contributed by atoms with Crippen molar-refractivity contribution in [3.8, 4) is 0 Å². The Kier molecular flexibility index (Phi) is 4.48. The van der Waals surface area contributed by atoms with E-state index in [1.165, 1.54) is 23.1 Å². The van der Waals surface area contributed by atoms with Crippen LogP contribution >= 0.6 is 0 Å². The zero-order chi connectivity index (χ0) is 14.8. The van der Waals surface area contributed by atoms with E-state index >= 15 is 0 Å². The molecule has 0 heterocycles. The lowest BCUT2D eigenvalue weighted by Gasteiger charge is -2.40. The van der Waals surface area contributed by atoms with Crippen molar-refractivity contribution in [1.29, 1.82) is 0 Å². The molecule has 0 saturated heterocycles. The fourth-order valence-corrected chi connectivity index (χ4v) is 3.07. The monoisotopic (exact) mass is 274 g/mol. The van der Waals surface area contributed by atoms with E-state index in [1.54, 1.807) is 0 Å². The summed E-state index contributed by atoms with van der Waals surface area (Å²) in [6.45, 7) is 6.84. The van der Waals surface area contributed by atoms with Crippen LogP contribution in [0.25, 0.3) is 0 Å². The molecule has 1 unspecified atom stereocenters. The molecule has 1 aliphatic carbocycles. The predicted octanol–water partition coefficient (Wildman–Crippen LogP) is 3.00. The molecule has 1 fully saturated rings. The molecule has 0 aromatic heterocycles. The van der Waals surface area contributed by atoms with Crippen molar-refractivity contribution in [2.24, 2.45) is 11.1 Å². The lowest BCUT2D eigenvalue weighted by atomic mass is 9.66. The Morgan fingerprint density at radius 1 is 1.40 bits per heavy atom. The summed E-state index contributed by atoms with van der Waals surface area (Å²) in [5.41, 5.74) is 9.55. The SMILES string of the molecule is Cc1ccc(C)c(C(C)NC(=O)CC2(CN)CCC2)c1. The molecule has 0 radical (unpaired) electrons. The molecule has 1 aromatic carbocycles. The first-order valence-electron chi connectivity index (χ1n) is 7.52. The Balaban J connectivity index is 1.98. The summed E-state index contributed by atoms with van der Waals surface area (Å²) in [7, 11) is 0. The number of nitrogens with two attached hydrogens (primary N) is 1. The Hall–Kier alpha value is -1.35. The van der Waals surface area contributed by atoms with Gasteiger partial charge in [0.25, 0.3) is 0 Å². The second kappa shape index (κ2) is 5.96. The zero-order valence-electron chi connectivity index (χ0n) is 12.8. The highest BCUT2D eigenvalue weighted by Crippen LogP contribution is 2.42. The molecule has 1 saturated carbocycles. The number of hydrogen-bond acceptors (Lipinski definition) is 2. The van der Waals surface area contributed by atoms with E-state index in [1.807, 2.05) is 0 Å². The molecule has 0 bridgehead atoms. The topological polar surface area (TPSA) is 55.1 Å². The average Bonchev–Trinajstić information content (AvgIpc) is 2.36. The van der Waals surface area contributed by atoms with Crippen molar-refractivity contribution >= 4 is 5.91 Å². The lowest BCUT2D eigenvalue weighted by Crippen LogP contribution is -2.42. The summed E-state index contributed by atoms with van der Waals surface area (Å²) in [6, 6.07) is 6.42. The number of hydrogen-bond donors (Lipinski definition) is 2. The molecule has 1 amide bonds. The molecule has 3 nitrogen and oxygen atoms in total. The van der Waals surface area contributed by atoms with Crippen molar-refractivity contribution in [1.82, 2.24) is 5.32 Å². The first-order valence-corrected chi connectivity index (χ1v) is 7.52. The normalized spacial score (nSPS) is 18.2. The Labute approximate surface area is 121 Å². The molecule has 3 heteroatoms. The van der Waals surface area contributed by atoms with Gasteiger partial charge in [-0.25, -0.2) is 0 Å². The molecule has 110 valence electrons. The average molecular weight is 274 g/mol. The Morgan fingerprint density at radius 2 is 2.10 bits per heavy atom. The highest BCUT2D eigenvalue weighted by atomic mass is 16.1. The second-order valence-electron chi connectivity index (χ2n) is 6.38. The first-order chi connectivity index (χ1) is 9.46. The summed E-state index contributed by atoms with van der Waals surface area (Å²) < 4.78 is 0. The van der Waals surface area contributed by atoms with E-state index in [2.05, 4.69) is 44.3 Å². The van der Waals surface area contributed by atoms with Crippen LogP contribution in [0.2, 0.25) is 0 Å². The minimum Gasteiger partial charge on any atom is -0.350 e. The van der Waals surface area contributed by atoms with Crippen LogP contribution in [0.1, 0.15) is 55.3 Å². The number of nitrogens with one attached hydrogen (secondary N) is 1. The van der Waals surface area contributed by atoms with Crippen LogP contribution in [0, 0.1) is 19.3 Å². The maximum Gasteiger partial charge on any atom is 0.221 e. The van der Waals surface area contributed by atoms with Gasteiger partial charge in [0, 0.05) is 6.42 Å². The van der Waals surface area contributed by atoms with Gasteiger partial charge in [-0.3, -0.25) is 4.79 Å². The van der Waals surface area contributed by atoms with Crippen LogP contribution < -0.4 is 11.1 Å². The highest BCUT2D eigenvalue weighted by Gasteiger charge is 2.37. The molecule has 1 aromatic rings. The van der Waals surface area contributed by atoms with Crippen molar-refractivity contribution in [3.05, 3.63) is 34.9 Å². The smallest absolute Gasteiger partial charge is 0.221 e. The van der Waals surface area contributed by atoms with Gasteiger partial charge in [0.05, 0.1) is 6.04 Å². The lowest BCUT2D eigenvalue weighted by molar-refractivity contribution is -0.125. The summed E-state index contributed by atoms with van der Waals surface area (Å²) in [6.07, 6.45) is 3.96. The molecule has 1 atom stereocenters. The minimum absolute atomic E-state index is 0.0531. The van der Waals surface area contributed by atoms with Crippen molar-refractivity contribution in [3.63, 3.8) is 0 Å². The van der Waals surface area contributed by atoms with E-state index in [0.29, 0.717) is 13.0 Å². The van der Waals surface area contributed by atoms with Crippen LogP contribution in [0.15, 0.2) is 18.2 Å². The van der Waals surface area contributed by atoms with Gasteiger partial charge in [-0.15, -0.1) is 0 Å². The molecular formula is C17H26N2O. The van der Waals surface area contributed by atoms with Gasteiger partial charge in [-0.2, -0.15) is 0 Å². The molecule has 0 aliphatic heterocycles. The van der Waals surface area contributed by atoms with Crippen molar-refractivity contribution in [2.75, 3.05) is 6.54 Å².